The van der Waals surface area contributed by atoms with Crippen LogP contribution in [0.3, 0.4) is 0 Å². The van der Waals surface area contributed by atoms with Crippen LogP contribution in [0.5, 0.6) is 0 Å². The van der Waals surface area contributed by atoms with Gasteiger partial charge in [-0.15, -0.1) is 0 Å². The Bertz CT molecular complexity index is 664. The predicted octanol–water partition coefficient (Wildman–Crippen LogP) is 2.43. The quantitative estimate of drug-likeness (QED) is 0.855. The smallest absolute Gasteiger partial charge is 0.398 e. The van der Waals surface area contributed by atoms with Gasteiger partial charge in [-0.05, 0) is 24.6 Å². The van der Waals surface area contributed by atoms with E-state index in [1.54, 1.807) is 25.1 Å². The molecule has 0 aliphatic rings. The third-order valence-corrected chi connectivity index (χ3v) is 2.92. The number of anilines is 2. The number of rotatable bonds is 3. The number of nitrogens with two attached hydrogens (primary N) is 1. The highest BCUT2D eigenvalue weighted by Crippen LogP contribution is 2.28. The van der Waals surface area contributed by atoms with Gasteiger partial charge in [-0.25, -0.2) is 0 Å². The van der Waals surface area contributed by atoms with Crippen molar-refractivity contribution in [2.45, 2.75) is 19.6 Å². The lowest BCUT2D eigenvalue weighted by atomic mass is 10.1. The number of benzene rings is 1. The van der Waals surface area contributed by atoms with E-state index < -0.39 is 17.6 Å². The summed E-state index contributed by atoms with van der Waals surface area (Å²) in [4.78, 5) is 11.8. The minimum atomic E-state index is -4.47. The second-order valence-electron chi connectivity index (χ2n) is 4.49. The van der Waals surface area contributed by atoms with Crippen LogP contribution in [0, 0.1) is 6.92 Å². The minimum Gasteiger partial charge on any atom is -0.398 e. The van der Waals surface area contributed by atoms with Crippen LogP contribution >= 0.6 is 0 Å². The van der Waals surface area contributed by atoms with E-state index in [4.69, 9.17) is 5.73 Å². The van der Waals surface area contributed by atoms with Crippen LogP contribution in [0.4, 0.5) is 24.5 Å². The molecule has 0 bridgehead atoms. The number of halogens is 3. The lowest BCUT2D eigenvalue weighted by Crippen LogP contribution is -2.19. The van der Waals surface area contributed by atoms with Crippen molar-refractivity contribution in [3.05, 3.63) is 41.7 Å². The maximum atomic E-state index is 12.4. The molecule has 0 unspecified atom stereocenters. The Morgan fingerprint density at radius 1 is 1.43 bits per heavy atom. The molecule has 112 valence electrons. The van der Waals surface area contributed by atoms with E-state index in [0.29, 0.717) is 23.1 Å². The number of alkyl halides is 3. The fourth-order valence-electron chi connectivity index (χ4n) is 1.72. The monoisotopic (exact) mass is 298 g/mol. The van der Waals surface area contributed by atoms with Crippen molar-refractivity contribution in [3.63, 3.8) is 0 Å². The number of amides is 1. The van der Waals surface area contributed by atoms with Crippen molar-refractivity contribution in [3.8, 4) is 0 Å². The normalized spacial score (nSPS) is 11.4. The zero-order valence-corrected chi connectivity index (χ0v) is 11.1. The number of carbonyl (C=O) groups excluding carboxylic acids is 1. The summed E-state index contributed by atoms with van der Waals surface area (Å²) in [5.74, 6) is -0.486. The van der Waals surface area contributed by atoms with Gasteiger partial charge in [-0.3, -0.25) is 9.48 Å². The van der Waals surface area contributed by atoms with E-state index in [1.807, 2.05) is 0 Å². The molecule has 1 aromatic carbocycles. The summed E-state index contributed by atoms with van der Waals surface area (Å²) in [5, 5.41) is 6.10. The standard InChI is InChI=1S/C13H13F3N4O/c1-8-10(17)3-2-4-11(8)19-12(21)7-20-6-9(5-18-20)13(14,15)16/h2-6H,7,17H2,1H3,(H,19,21). The molecule has 0 radical (unpaired) electrons. The summed E-state index contributed by atoms with van der Waals surface area (Å²) in [6.45, 7) is 1.42. The predicted molar refractivity (Wildman–Crippen MR) is 71.5 cm³/mol. The number of nitrogens with one attached hydrogen (secondary N) is 1. The highest BCUT2D eigenvalue weighted by Gasteiger charge is 2.32. The molecule has 0 aliphatic heterocycles. The molecule has 3 N–H and O–H groups in total. The fourth-order valence-corrected chi connectivity index (χ4v) is 1.72. The average Bonchev–Trinajstić information content (AvgIpc) is 2.83. The van der Waals surface area contributed by atoms with Crippen molar-refractivity contribution in [1.29, 1.82) is 0 Å². The topological polar surface area (TPSA) is 72.9 Å². The van der Waals surface area contributed by atoms with Gasteiger partial charge in [0.15, 0.2) is 0 Å². The fraction of sp³-hybridized carbons (Fsp3) is 0.231. The Hall–Kier alpha value is -2.51. The first-order valence-electron chi connectivity index (χ1n) is 6.02. The van der Waals surface area contributed by atoms with E-state index in [1.165, 1.54) is 0 Å². The van der Waals surface area contributed by atoms with Crippen molar-refractivity contribution >= 4 is 17.3 Å². The molecular weight excluding hydrogens is 285 g/mol. The second-order valence-corrected chi connectivity index (χ2v) is 4.49. The first-order chi connectivity index (χ1) is 9.77. The SMILES string of the molecule is Cc1c(N)cccc1NC(=O)Cn1cc(C(F)(F)F)cn1. The van der Waals surface area contributed by atoms with Crippen LogP contribution < -0.4 is 11.1 Å². The molecule has 8 heteroatoms. The van der Waals surface area contributed by atoms with Gasteiger partial charge >= 0.3 is 6.18 Å². The Morgan fingerprint density at radius 2 is 2.14 bits per heavy atom. The van der Waals surface area contributed by atoms with Crippen LogP contribution in [-0.4, -0.2) is 15.7 Å². The Balaban J connectivity index is 2.05. The molecule has 0 atom stereocenters. The molecule has 0 saturated heterocycles. The number of nitrogens with zero attached hydrogens (tertiary/aromatic N) is 2. The van der Waals surface area contributed by atoms with Crippen LogP contribution in [0.15, 0.2) is 30.6 Å². The van der Waals surface area contributed by atoms with Gasteiger partial charge in [0.2, 0.25) is 5.91 Å². The molecule has 0 fully saturated rings. The number of hydrogen-bond acceptors (Lipinski definition) is 3. The Morgan fingerprint density at radius 3 is 2.76 bits per heavy atom. The minimum absolute atomic E-state index is 0.315. The van der Waals surface area contributed by atoms with E-state index in [2.05, 4.69) is 10.4 Å². The Kier molecular flexibility index (Phi) is 3.88. The van der Waals surface area contributed by atoms with Gasteiger partial charge in [-0.1, -0.05) is 6.07 Å². The largest absolute Gasteiger partial charge is 0.419 e. The van der Waals surface area contributed by atoms with Crippen molar-refractivity contribution < 1.29 is 18.0 Å². The molecule has 21 heavy (non-hydrogen) atoms. The number of aromatic nitrogens is 2. The highest BCUT2D eigenvalue weighted by atomic mass is 19.4. The first-order valence-corrected chi connectivity index (χ1v) is 6.02. The molecule has 2 aromatic rings. The molecule has 0 aliphatic carbocycles. The Labute approximate surface area is 118 Å². The number of carbonyl (C=O) groups is 1. The van der Waals surface area contributed by atoms with Gasteiger partial charge < -0.3 is 11.1 Å². The van der Waals surface area contributed by atoms with Crippen molar-refractivity contribution in [1.82, 2.24) is 9.78 Å². The van der Waals surface area contributed by atoms with Gasteiger partial charge in [0.05, 0.1) is 11.8 Å². The zero-order valence-electron chi connectivity index (χ0n) is 11.1. The molecule has 0 saturated carbocycles. The molecule has 2 rings (SSSR count). The summed E-state index contributed by atoms with van der Waals surface area (Å²) in [6, 6.07) is 5.02. The second kappa shape index (κ2) is 5.47. The highest BCUT2D eigenvalue weighted by molar-refractivity contribution is 5.92. The molecule has 0 spiro atoms. The van der Waals surface area contributed by atoms with Gasteiger partial charge in [0, 0.05) is 17.6 Å². The van der Waals surface area contributed by atoms with Gasteiger partial charge in [0.1, 0.15) is 6.54 Å². The molecule has 5 nitrogen and oxygen atoms in total. The lowest BCUT2D eigenvalue weighted by molar-refractivity contribution is -0.137. The lowest BCUT2D eigenvalue weighted by Gasteiger charge is -2.10. The maximum Gasteiger partial charge on any atom is 0.419 e. The van der Waals surface area contributed by atoms with E-state index >= 15 is 0 Å². The van der Waals surface area contributed by atoms with E-state index in [0.717, 1.165) is 10.9 Å². The van der Waals surface area contributed by atoms with E-state index in [-0.39, 0.29) is 6.54 Å². The summed E-state index contributed by atoms with van der Waals surface area (Å²) >= 11 is 0. The number of hydrogen-bond donors (Lipinski definition) is 2. The summed E-state index contributed by atoms with van der Waals surface area (Å²) < 4.78 is 38.2. The van der Waals surface area contributed by atoms with Crippen LogP contribution in [0.25, 0.3) is 0 Å². The van der Waals surface area contributed by atoms with Crippen molar-refractivity contribution in [2.75, 3.05) is 11.1 Å². The third kappa shape index (κ3) is 3.53. The van der Waals surface area contributed by atoms with Crippen LogP contribution in [-0.2, 0) is 17.5 Å². The zero-order chi connectivity index (χ0) is 15.6. The van der Waals surface area contributed by atoms with E-state index in [9.17, 15) is 18.0 Å². The number of nitrogen functional groups attached to an aromatic ring is 1. The summed E-state index contributed by atoms with van der Waals surface area (Å²) in [7, 11) is 0. The van der Waals surface area contributed by atoms with Crippen LogP contribution in [0.1, 0.15) is 11.1 Å². The molecule has 1 heterocycles. The molecular formula is C13H13F3N4O. The van der Waals surface area contributed by atoms with Crippen LogP contribution in [0.2, 0.25) is 0 Å². The summed E-state index contributed by atoms with van der Waals surface area (Å²) in [6.07, 6.45) is -3.01. The molecule has 1 amide bonds. The van der Waals surface area contributed by atoms with Gasteiger partial charge in [0.25, 0.3) is 0 Å². The van der Waals surface area contributed by atoms with Gasteiger partial charge in [-0.2, -0.15) is 18.3 Å². The summed E-state index contributed by atoms with van der Waals surface area (Å²) in [5.41, 5.74) is 6.55. The first kappa shape index (κ1) is 14.9. The third-order valence-electron chi connectivity index (χ3n) is 2.92. The molecule has 1 aromatic heterocycles. The van der Waals surface area contributed by atoms with Crippen molar-refractivity contribution in [2.24, 2.45) is 0 Å². The maximum absolute atomic E-state index is 12.4. The average molecular weight is 298 g/mol.